The van der Waals surface area contributed by atoms with Gasteiger partial charge in [-0.3, -0.25) is 4.79 Å². The fourth-order valence-corrected chi connectivity index (χ4v) is 1.67. The summed E-state index contributed by atoms with van der Waals surface area (Å²) in [5.41, 5.74) is 5.67. The smallest absolute Gasteiger partial charge is 0.303 e. The van der Waals surface area contributed by atoms with E-state index < -0.39 is 5.97 Å². The molecule has 0 aromatic rings. The standard InChI is InChI=1S/C10H21NO2/c1-4-8(7-11)10(2,3)6-5-9(12)13/h8H,4-7,11H2,1-3H3,(H,12,13). The molecule has 1 unspecified atom stereocenters. The first-order valence-corrected chi connectivity index (χ1v) is 4.86. The predicted molar refractivity (Wildman–Crippen MR) is 53.5 cm³/mol. The number of carboxylic acid groups (broad SMARTS) is 1. The Bertz CT molecular complexity index is 162. The molecule has 0 aromatic carbocycles. The fourth-order valence-electron chi connectivity index (χ4n) is 1.67. The first-order valence-electron chi connectivity index (χ1n) is 4.86. The molecule has 0 heterocycles. The molecular weight excluding hydrogens is 166 g/mol. The Labute approximate surface area is 80.3 Å². The molecule has 0 spiro atoms. The third kappa shape index (κ3) is 4.27. The summed E-state index contributed by atoms with van der Waals surface area (Å²) < 4.78 is 0. The Morgan fingerprint density at radius 2 is 2.08 bits per heavy atom. The zero-order valence-electron chi connectivity index (χ0n) is 8.84. The Kier molecular flexibility index (Phi) is 4.99. The zero-order chi connectivity index (χ0) is 10.5. The quantitative estimate of drug-likeness (QED) is 0.667. The first-order chi connectivity index (χ1) is 5.94. The number of nitrogens with two attached hydrogens (primary N) is 1. The van der Waals surface area contributed by atoms with Crippen LogP contribution in [0.2, 0.25) is 0 Å². The molecule has 13 heavy (non-hydrogen) atoms. The number of hydrogen-bond donors (Lipinski definition) is 2. The minimum atomic E-state index is -0.722. The highest BCUT2D eigenvalue weighted by Crippen LogP contribution is 2.33. The lowest BCUT2D eigenvalue weighted by molar-refractivity contribution is -0.137. The van der Waals surface area contributed by atoms with Crippen molar-refractivity contribution in [3.05, 3.63) is 0 Å². The van der Waals surface area contributed by atoms with Gasteiger partial charge in [0.1, 0.15) is 0 Å². The lowest BCUT2D eigenvalue weighted by atomic mass is 9.74. The van der Waals surface area contributed by atoms with E-state index in [0.717, 1.165) is 6.42 Å². The number of rotatable bonds is 6. The fraction of sp³-hybridized carbons (Fsp3) is 0.900. The van der Waals surface area contributed by atoms with Crippen LogP contribution in [0.25, 0.3) is 0 Å². The van der Waals surface area contributed by atoms with Gasteiger partial charge < -0.3 is 10.8 Å². The van der Waals surface area contributed by atoms with Crippen LogP contribution >= 0.6 is 0 Å². The second-order valence-electron chi connectivity index (χ2n) is 4.22. The summed E-state index contributed by atoms with van der Waals surface area (Å²) >= 11 is 0. The van der Waals surface area contributed by atoms with Crippen LogP contribution in [0.4, 0.5) is 0 Å². The molecular formula is C10H21NO2. The van der Waals surface area contributed by atoms with Crippen LogP contribution in [0.5, 0.6) is 0 Å². The topological polar surface area (TPSA) is 63.3 Å². The molecule has 78 valence electrons. The van der Waals surface area contributed by atoms with E-state index >= 15 is 0 Å². The molecule has 3 nitrogen and oxygen atoms in total. The van der Waals surface area contributed by atoms with Crippen molar-refractivity contribution in [1.82, 2.24) is 0 Å². The normalized spacial score (nSPS) is 14.2. The van der Waals surface area contributed by atoms with E-state index in [1.165, 1.54) is 0 Å². The molecule has 0 saturated carbocycles. The lowest BCUT2D eigenvalue weighted by Crippen LogP contribution is -2.30. The van der Waals surface area contributed by atoms with E-state index in [1.807, 2.05) is 0 Å². The van der Waals surface area contributed by atoms with Crippen molar-refractivity contribution < 1.29 is 9.90 Å². The highest BCUT2D eigenvalue weighted by atomic mass is 16.4. The van der Waals surface area contributed by atoms with Gasteiger partial charge in [0.2, 0.25) is 0 Å². The van der Waals surface area contributed by atoms with Crippen molar-refractivity contribution in [1.29, 1.82) is 0 Å². The Morgan fingerprint density at radius 3 is 2.38 bits per heavy atom. The molecule has 1 atom stereocenters. The lowest BCUT2D eigenvalue weighted by Gasteiger charge is -2.32. The third-order valence-electron chi connectivity index (χ3n) is 2.87. The molecule has 0 amide bonds. The molecule has 3 N–H and O–H groups in total. The highest BCUT2D eigenvalue weighted by Gasteiger charge is 2.27. The van der Waals surface area contributed by atoms with Crippen molar-refractivity contribution >= 4 is 5.97 Å². The third-order valence-corrected chi connectivity index (χ3v) is 2.87. The van der Waals surface area contributed by atoms with E-state index in [-0.39, 0.29) is 11.8 Å². The Balaban J connectivity index is 4.10. The number of aliphatic carboxylic acids is 1. The molecule has 0 aliphatic heterocycles. The minimum Gasteiger partial charge on any atom is -0.481 e. The van der Waals surface area contributed by atoms with Gasteiger partial charge in [0.25, 0.3) is 0 Å². The average Bonchev–Trinajstić information content (AvgIpc) is 2.03. The van der Waals surface area contributed by atoms with E-state index in [4.69, 9.17) is 10.8 Å². The van der Waals surface area contributed by atoms with Gasteiger partial charge in [-0.2, -0.15) is 0 Å². The SMILES string of the molecule is CCC(CN)C(C)(C)CCC(=O)O. The van der Waals surface area contributed by atoms with Crippen LogP contribution < -0.4 is 5.73 Å². The summed E-state index contributed by atoms with van der Waals surface area (Å²) in [6.07, 6.45) is 1.96. The average molecular weight is 187 g/mol. The van der Waals surface area contributed by atoms with Crippen LogP contribution in [0.3, 0.4) is 0 Å². The zero-order valence-corrected chi connectivity index (χ0v) is 8.84. The van der Waals surface area contributed by atoms with Gasteiger partial charge >= 0.3 is 5.97 Å². The van der Waals surface area contributed by atoms with Crippen LogP contribution in [0.1, 0.15) is 40.0 Å². The maximum absolute atomic E-state index is 10.4. The van der Waals surface area contributed by atoms with Crippen molar-refractivity contribution in [3.8, 4) is 0 Å². The van der Waals surface area contributed by atoms with Gasteiger partial charge in [0.15, 0.2) is 0 Å². The van der Waals surface area contributed by atoms with Crippen LogP contribution in [0.15, 0.2) is 0 Å². The van der Waals surface area contributed by atoms with Crippen LogP contribution in [-0.4, -0.2) is 17.6 Å². The molecule has 0 radical (unpaired) electrons. The van der Waals surface area contributed by atoms with Gasteiger partial charge in [-0.05, 0) is 24.3 Å². The summed E-state index contributed by atoms with van der Waals surface area (Å²) in [5, 5.41) is 8.57. The number of carbonyl (C=O) groups is 1. The molecule has 0 aromatic heterocycles. The number of hydrogen-bond acceptors (Lipinski definition) is 2. The Hall–Kier alpha value is -0.570. The summed E-state index contributed by atoms with van der Waals surface area (Å²) in [6.45, 7) is 6.93. The summed E-state index contributed by atoms with van der Waals surface area (Å²) in [5.74, 6) is -0.299. The van der Waals surface area contributed by atoms with Crippen molar-refractivity contribution in [2.75, 3.05) is 6.54 Å². The second-order valence-corrected chi connectivity index (χ2v) is 4.22. The summed E-state index contributed by atoms with van der Waals surface area (Å²) in [4.78, 5) is 10.4. The maximum Gasteiger partial charge on any atom is 0.303 e. The van der Waals surface area contributed by atoms with Gasteiger partial charge in [-0.1, -0.05) is 27.2 Å². The Morgan fingerprint density at radius 1 is 1.54 bits per heavy atom. The minimum absolute atomic E-state index is 0.0435. The molecule has 0 rings (SSSR count). The van der Waals surface area contributed by atoms with Crippen molar-refractivity contribution in [2.24, 2.45) is 17.1 Å². The van der Waals surface area contributed by atoms with Crippen molar-refractivity contribution in [3.63, 3.8) is 0 Å². The molecule has 0 aliphatic rings. The van der Waals surface area contributed by atoms with E-state index in [0.29, 0.717) is 18.9 Å². The van der Waals surface area contributed by atoms with E-state index in [1.54, 1.807) is 0 Å². The van der Waals surface area contributed by atoms with Gasteiger partial charge in [0, 0.05) is 6.42 Å². The largest absolute Gasteiger partial charge is 0.481 e. The van der Waals surface area contributed by atoms with Crippen LogP contribution in [0, 0.1) is 11.3 Å². The van der Waals surface area contributed by atoms with Gasteiger partial charge in [0.05, 0.1) is 0 Å². The molecule has 0 aliphatic carbocycles. The predicted octanol–water partition coefficient (Wildman–Crippen LogP) is 1.86. The second kappa shape index (κ2) is 5.22. The van der Waals surface area contributed by atoms with E-state index in [9.17, 15) is 4.79 Å². The molecule has 3 heteroatoms. The number of carboxylic acids is 1. The highest BCUT2D eigenvalue weighted by molar-refractivity contribution is 5.66. The molecule has 0 saturated heterocycles. The van der Waals surface area contributed by atoms with E-state index in [2.05, 4.69) is 20.8 Å². The molecule has 0 fully saturated rings. The molecule has 0 bridgehead atoms. The summed E-state index contributed by atoms with van der Waals surface area (Å²) in [6, 6.07) is 0. The maximum atomic E-state index is 10.4. The van der Waals surface area contributed by atoms with Crippen LogP contribution in [-0.2, 0) is 4.79 Å². The first kappa shape index (κ1) is 12.4. The monoisotopic (exact) mass is 187 g/mol. The van der Waals surface area contributed by atoms with Gasteiger partial charge in [-0.25, -0.2) is 0 Å². The van der Waals surface area contributed by atoms with Crippen molar-refractivity contribution in [2.45, 2.75) is 40.0 Å². The van der Waals surface area contributed by atoms with Gasteiger partial charge in [-0.15, -0.1) is 0 Å². The summed E-state index contributed by atoms with van der Waals surface area (Å²) in [7, 11) is 0.